The summed E-state index contributed by atoms with van der Waals surface area (Å²) in [7, 11) is 1.77. The summed E-state index contributed by atoms with van der Waals surface area (Å²) in [5.41, 5.74) is 3.18. The fraction of sp³-hybridized carbons (Fsp3) is 0.294. The number of aryl methyl sites for hydroxylation is 3. The molecule has 0 fully saturated rings. The Morgan fingerprint density at radius 2 is 1.95 bits per heavy atom. The SMILES string of the molecule is Cc1cc(C(=O)c2ccc3c(c2)CCC(=O)N3C)c(C)o1. The number of anilines is 1. The van der Waals surface area contributed by atoms with Crippen molar-refractivity contribution in [2.75, 3.05) is 11.9 Å². The minimum absolute atomic E-state index is 0.0355. The van der Waals surface area contributed by atoms with Crippen molar-refractivity contribution in [2.45, 2.75) is 26.7 Å². The number of amides is 1. The van der Waals surface area contributed by atoms with Gasteiger partial charge in [-0.05, 0) is 50.1 Å². The van der Waals surface area contributed by atoms with E-state index in [1.807, 2.05) is 19.1 Å². The largest absolute Gasteiger partial charge is 0.466 e. The van der Waals surface area contributed by atoms with Gasteiger partial charge in [0.2, 0.25) is 5.91 Å². The summed E-state index contributed by atoms with van der Waals surface area (Å²) < 4.78 is 5.43. The van der Waals surface area contributed by atoms with E-state index in [0.29, 0.717) is 29.7 Å². The Balaban J connectivity index is 1.99. The van der Waals surface area contributed by atoms with Gasteiger partial charge in [-0.1, -0.05) is 0 Å². The van der Waals surface area contributed by atoms with Crippen LogP contribution in [0.2, 0.25) is 0 Å². The smallest absolute Gasteiger partial charge is 0.227 e. The predicted molar refractivity (Wildman–Crippen MR) is 79.8 cm³/mol. The van der Waals surface area contributed by atoms with E-state index in [1.54, 1.807) is 31.0 Å². The normalized spacial score (nSPS) is 14.2. The molecule has 108 valence electrons. The van der Waals surface area contributed by atoms with Crippen LogP contribution >= 0.6 is 0 Å². The standard InChI is InChI=1S/C17H17NO3/c1-10-8-14(11(2)21-10)17(20)13-4-6-15-12(9-13)5-7-16(19)18(15)3/h4,6,8-9H,5,7H2,1-3H3. The fourth-order valence-electron chi connectivity index (χ4n) is 2.81. The van der Waals surface area contributed by atoms with Crippen molar-refractivity contribution in [1.82, 2.24) is 0 Å². The van der Waals surface area contributed by atoms with E-state index in [9.17, 15) is 9.59 Å². The predicted octanol–water partition coefficient (Wildman–Crippen LogP) is 3.04. The molecule has 1 aromatic heterocycles. The quantitative estimate of drug-likeness (QED) is 0.796. The summed E-state index contributed by atoms with van der Waals surface area (Å²) in [5, 5.41) is 0. The number of furan rings is 1. The number of fused-ring (bicyclic) bond motifs is 1. The van der Waals surface area contributed by atoms with E-state index in [4.69, 9.17) is 4.42 Å². The summed E-state index contributed by atoms with van der Waals surface area (Å²) in [6.07, 6.45) is 1.17. The minimum atomic E-state index is -0.0355. The van der Waals surface area contributed by atoms with Gasteiger partial charge in [-0.25, -0.2) is 0 Å². The van der Waals surface area contributed by atoms with E-state index in [-0.39, 0.29) is 11.7 Å². The lowest BCUT2D eigenvalue weighted by atomic mass is 9.95. The molecule has 2 heterocycles. The number of carbonyl (C=O) groups is 2. The molecule has 0 saturated carbocycles. The molecule has 0 unspecified atom stereocenters. The van der Waals surface area contributed by atoms with Crippen molar-refractivity contribution in [3.63, 3.8) is 0 Å². The average Bonchev–Trinajstić information content (AvgIpc) is 2.80. The third kappa shape index (κ3) is 2.27. The molecule has 4 heteroatoms. The van der Waals surface area contributed by atoms with Crippen LogP contribution in [0.1, 0.15) is 39.4 Å². The Labute approximate surface area is 123 Å². The van der Waals surface area contributed by atoms with Gasteiger partial charge in [0, 0.05) is 24.7 Å². The second kappa shape index (κ2) is 4.88. The molecule has 1 aromatic carbocycles. The monoisotopic (exact) mass is 283 g/mol. The Hall–Kier alpha value is -2.36. The van der Waals surface area contributed by atoms with Crippen LogP contribution in [0.3, 0.4) is 0 Å². The number of hydrogen-bond donors (Lipinski definition) is 0. The first-order chi connectivity index (χ1) is 9.97. The van der Waals surface area contributed by atoms with Gasteiger partial charge in [-0.2, -0.15) is 0 Å². The summed E-state index contributed by atoms with van der Waals surface area (Å²) >= 11 is 0. The van der Waals surface area contributed by atoms with E-state index in [0.717, 1.165) is 17.0 Å². The Bertz CT molecular complexity index is 742. The molecule has 0 aliphatic carbocycles. The molecule has 0 bridgehead atoms. The molecular weight excluding hydrogens is 266 g/mol. The van der Waals surface area contributed by atoms with Crippen molar-refractivity contribution < 1.29 is 14.0 Å². The molecule has 1 amide bonds. The van der Waals surface area contributed by atoms with Crippen molar-refractivity contribution in [2.24, 2.45) is 0 Å². The van der Waals surface area contributed by atoms with Gasteiger partial charge in [-0.15, -0.1) is 0 Å². The average molecular weight is 283 g/mol. The number of hydrogen-bond acceptors (Lipinski definition) is 3. The van der Waals surface area contributed by atoms with Crippen LogP contribution in [0.5, 0.6) is 0 Å². The maximum atomic E-state index is 12.6. The zero-order chi connectivity index (χ0) is 15.1. The van der Waals surface area contributed by atoms with E-state index >= 15 is 0 Å². The maximum absolute atomic E-state index is 12.6. The van der Waals surface area contributed by atoms with Crippen molar-refractivity contribution in [3.8, 4) is 0 Å². The molecular formula is C17H17NO3. The summed E-state index contributed by atoms with van der Waals surface area (Å²) in [5.74, 6) is 1.45. The number of rotatable bonds is 2. The van der Waals surface area contributed by atoms with Crippen LogP contribution in [0, 0.1) is 13.8 Å². The second-order valence-corrected chi connectivity index (χ2v) is 5.45. The van der Waals surface area contributed by atoms with Crippen LogP contribution < -0.4 is 4.90 Å². The van der Waals surface area contributed by atoms with Crippen molar-refractivity contribution in [3.05, 3.63) is 52.5 Å². The number of ketones is 1. The van der Waals surface area contributed by atoms with E-state index in [2.05, 4.69) is 0 Å². The highest BCUT2D eigenvalue weighted by molar-refractivity contribution is 6.10. The molecule has 21 heavy (non-hydrogen) atoms. The van der Waals surface area contributed by atoms with Gasteiger partial charge in [-0.3, -0.25) is 9.59 Å². The van der Waals surface area contributed by atoms with Gasteiger partial charge in [0.1, 0.15) is 11.5 Å². The topological polar surface area (TPSA) is 50.5 Å². The second-order valence-electron chi connectivity index (χ2n) is 5.45. The molecule has 3 rings (SSSR count). The first kappa shape index (κ1) is 13.6. The molecule has 0 N–H and O–H groups in total. The third-order valence-electron chi connectivity index (χ3n) is 3.97. The molecule has 0 atom stereocenters. The lowest BCUT2D eigenvalue weighted by Gasteiger charge is -2.26. The first-order valence-corrected chi connectivity index (χ1v) is 6.98. The van der Waals surface area contributed by atoms with Gasteiger partial charge in [0.25, 0.3) is 0 Å². The number of carbonyl (C=O) groups excluding carboxylic acids is 2. The Morgan fingerprint density at radius 3 is 2.62 bits per heavy atom. The zero-order valence-corrected chi connectivity index (χ0v) is 12.4. The summed E-state index contributed by atoms with van der Waals surface area (Å²) in [6.45, 7) is 3.63. The first-order valence-electron chi connectivity index (χ1n) is 6.98. The van der Waals surface area contributed by atoms with Crippen LogP contribution in [0.25, 0.3) is 0 Å². The fourth-order valence-corrected chi connectivity index (χ4v) is 2.81. The van der Waals surface area contributed by atoms with Crippen molar-refractivity contribution in [1.29, 1.82) is 0 Å². The maximum Gasteiger partial charge on any atom is 0.227 e. The van der Waals surface area contributed by atoms with Crippen LogP contribution in [-0.2, 0) is 11.2 Å². The molecule has 1 aliphatic heterocycles. The molecule has 0 radical (unpaired) electrons. The van der Waals surface area contributed by atoms with Crippen LogP contribution in [0.4, 0.5) is 5.69 Å². The molecule has 0 saturated heterocycles. The Kier molecular flexibility index (Phi) is 3.16. The zero-order valence-electron chi connectivity index (χ0n) is 12.4. The molecule has 1 aliphatic rings. The lowest BCUT2D eigenvalue weighted by Crippen LogP contribution is -2.31. The number of nitrogens with zero attached hydrogens (tertiary/aromatic N) is 1. The molecule has 4 nitrogen and oxygen atoms in total. The third-order valence-corrected chi connectivity index (χ3v) is 3.97. The highest BCUT2D eigenvalue weighted by atomic mass is 16.3. The van der Waals surface area contributed by atoms with Gasteiger partial charge in [0.05, 0.1) is 5.56 Å². The number of benzene rings is 1. The molecule has 2 aromatic rings. The van der Waals surface area contributed by atoms with E-state index < -0.39 is 0 Å². The van der Waals surface area contributed by atoms with Gasteiger partial charge < -0.3 is 9.32 Å². The van der Waals surface area contributed by atoms with E-state index in [1.165, 1.54) is 0 Å². The van der Waals surface area contributed by atoms with Crippen LogP contribution in [-0.4, -0.2) is 18.7 Å². The minimum Gasteiger partial charge on any atom is -0.466 e. The lowest BCUT2D eigenvalue weighted by molar-refractivity contribution is -0.118. The van der Waals surface area contributed by atoms with Crippen molar-refractivity contribution >= 4 is 17.4 Å². The summed E-state index contributed by atoms with van der Waals surface area (Å²) in [6, 6.07) is 7.29. The van der Waals surface area contributed by atoms with Gasteiger partial charge >= 0.3 is 0 Å². The Morgan fingerprint density at radius 1 is 1.19 bits per heavy atom. The highest BCUT2D eigenvalue weighted by Crippen LogP contribution is 2.29. The summed E-state index contributed by atoms with van der Waals surface area (Å²) in [4.78, 5) is 25.9. The van der Waals surface area contributed by atoms with Gasteiger partial charge in [0.15, 0.2) is 5.78 Å². The molecule has 0 spiro atoms. The van der Waals surface area contributed by atoms with Crippen LogP contribution in [0.15, 0.2) is 28.7 Å². The highest BCUT2D eigenvalue weighted by Gasteiger charge is 2.23.